The number of pyridine rings is 1. The molecular formula is C16H20N4. The SMILES string of the molecule is CCc1cnccc1-c1nc(N)c2c(n1)CCCCC2. The molecule has 0 unspecified atom stereocenters. The molecule has 0 fully saturated rings. The summed E-state index contributed by atoms with van der Waals surface area (Å²) in [7, 11) is 0. The maximum Gasteiger partial charge on any atom is 0.162 e. The van der Waals surface area contributed by atoms with Crippen molar-refractivity contribution in [2.75, 3.05) is 5.73 Å². The van der Waals surface area contributed by atoms with Gasteiger partial charge in [-0.2, -0.15) is 0 Å². The first-order valence-electron chi connectivity index (χ1n) is 7.38. The van der Waals surface area contributed by atoms with E-state index in [1.54, 1.807) is 6.20 Å². The first kappa shape index (κ1) is 13.0. The molecular weight excluding hydrogens is 248 g/mol. The Morgan fingerprint density at radius 3 is 2.85 bits per heavy atom. The van der Waals surface area contributed by atoms with Crippen LogP contribution in [0.25, 0.3) is 11.4 Å². The summed E-state index contributed by atoms with van der Waals surface area (Å²) in [5, 5.41) is 0. The van der Waals surface area contributed by atoms with Gasteiger partial charge in [0.2, 0.25) is 0 Å². The van der Waals surface area contributed by atoms with E-state index < -0.39 is 0 Å². The Kier molecular flexibility index (Phi) is 3.63. The van der Waals surface area contributed by atoms with E-state index >= 15 is 0 Å². The van der Waals surface area contributed by atoms with Gasteiger partial charge in [-0.3, -0.25) is 4.98 Å². The highest BCUT2D eigenvalue weighted by atomic mass is 15.0. The van der Waals surface area contributed by atoms with E-state index in [1.165, 1.54) is 30.4 Å². The number of nitrogens with two attached hydrogens (primary N) is 1. The van der Waals surface area contributed by atoms with Crippen molar-refractivity contribution in [3.05, 3.63) is 35.3 Å². The zero-order valence-electron chi connectivity index (χ0n) is 11.9. The fraction of sp³-hybridized carbons (Fsp3) is 0.438. The molecule has 0 aromatic carbocycles. The molecule has 0 bridgehead atoms. The minimum atomic E-state index is 0.658. The van der Waals surface area contributed by atoms with Gasteiger partial charge in [0.25, 0.3) is 0 Å². The Morgan fingerprint density at radius 2 is 2.00 bits per heavy atom. The lowest BCUT2D eigenvalue weighted by atomic mass is 10.1. The second kappa shape index (κ2) is 5.57. The maximum absolute atomic E-state index is 6.17. The normalized spacial score (nSPS) is 14.7. The van der Waals surface area contributed by atoms with Crippen LogP contribution in [0.3, 0.4) is 0 Å². The van der Waals surface area contributed by atoms with Crippen LogP contribution in [0.4, 0.5) is 5.82 Å². The van der Waals surface area contributed by atoms with Crippen LogP contribution in [0.1, 0.15) is 43.0 Å². The third kappa shape index (κ3) is 2.38. The van der Waals surface area contributed by atoms with Crippen molar-refractivity contribution >= 4 is 5.82 Å². The number of aromatic nitrogens is 3. The zero-order valence-corrected chi connectivity index (χ0v) is 11.9. The fourth-order valence-corrected chi connectivity index (χ4v) is 2.85. The van der Waals surface area contributed by atoms with Crippen LogP contribution in [0.15, 0.2) is 18.5 Å². The lowest BCUT2D eigenvalue weighted by molar-refractivity contribution is 0.709. The summed E-state index contributed by atoms with van der Waals surface area (Å²) in [6, 6.07) is 1.98. The van der Waals surface area contributed by atoms with Gasteiger partial charge in [0.15, 0.2) is 5.82 Å². The Balaban J connectivity index is 2.11. The largest absolute Gasteiger partial charge is 0.383 e. The zero-order chi connectivity index (χ0) is 13.9. The molecule has 20 heavy (non-hydrogen) atoms. The standard InChI is InChI=1S/C16H20N4/c1-2-11-10-18-9-8-12(11)16-19-14-7-5-3-4-6-13(14)15(17)20-16/h8-10H,2-7H2,1H3,(H2,17,19,20). The number of anilines is 1. The Bertz CT molecular complexity index is 622. The van der Waals surface area contributed by atoms with Crippen molar-refractivity contribution in [2.45, 2.75) is 45.4 Å². The van der Waals surface area contributed by atoms with E-state index in [-0.39, 0.29) is 0 Å². The van der Waals surface area contributed by atoms with Crippen LogP contribution in [0, 0.1) is 0 Å². The highest BCUT2D eigenvalue weighted by Gasteiger charge is 2.16. The fourth-order valence-electron chi connectivity index (χ4n) is 2.85. The maximum atomic E-state index is 6.17. The lowest BCUT2D eigenvalue weighted by Crippen LogP contribution is -2.07. The second-order valence-electron chi connectivity index (χ2n) is 5.30. The quantitative estimate of drug-likeness (QED) is 0.850. The number of aryl methyl sites for hydroxylation is 2. The molecule has 4 nitrogen and oxygen atoms in total. The summed E-state index contributed by atoms with van der Waals surface area (Å²) in [5.74, 6) is 1.41. The topological polar surface area (TPSA) is 64.7 Å². The molecule has 0 spiro atoms. The molecule has 1 aliphatic carbocycles. The molecule has 0 saturated carbocycles. The highest BCUT2D eigenvalue weighted by Crippen LogP contribution is 2.27. The molecule has 0 atom stereocenters. The van der Waals surface area contributed by atoms with E-state index in [2.05, 4.69) is 16.9 Å². The molecule has 2 aromatic rings. The van der Waals surface area contributed by atoms with Crippen LogP contribution in [0.5, 0.6) is 0 Å². The van der Waals surface area contributed by atoms with Crippen molar-refractivity contribution in [1.29, 1.82) is 0 Å². The number of rotatable bonds is 2. The van der Waals surface area contributed by atoms with Gasteiger partial charge >= 0.3 is 0 Å². The Hall–Kier alpha value is -1.97. The van der Waals surface area contributed by atoms with Crippen molar-refractivity contribution < 1.29 is 0 Å². The summed E-state index contributed by atoms with van der Waals surface area (Å²) in [4.78, 5) is 13.5. The van der Waals surface area contributed by atoms with Gasteiger partial charge in [0.05, 0.1) is 0 Å². The van der Waals surface area contributed by atoms with Gasteiger partial charge in [0.1, 0.15) is 5.82 Å². The van der Waals surface area contributed by atoms with Crippen LogP contribution in [-0.2, 0) is 19.3 Å². The lowest BCUT2D eigenvalue weighted by Gasteiger charge is -2.12. The predicted octanol–water partition coefficient (Wildman–Crippen LogP) is 2.95. The van der Waals surface area contributed by atoms with Gasteiger partial charge in [-0.15, -0.1) is 0 Å². The summed E-state index contributed by atoms with van der Waals surface area (Å²) in [5.41, 5.74) is 10.7. The van der Waals surface area contributed by atoms with Gasteiger partial charge in [-0.1, -0.05) is 13.3 Å². The van der Waals surface area contributed by atoms with Gasteiger partial charge < -0.3 is 5.73 Å². The van der Waals surface area contributed by atoms with E-state index in [0.29, 0.717) is 5.82 Å². The summed E-state index contributed by atoms with van der Waals surface area (Å²) in [6.45, 7) is 2.12. The van der Waals surface area contributed by atoms with Crippen molar-refractivity contribution in [3.8, 4) is 11.4 Å². The molecule has 0 radical (unpaired) electrons. The summed E-state index contributed by atoms with van der Waals surface area (Å²) in [6.07, 6.45) is 10.3. The smallest absolute Gasteiger partial charge is 0.162 e. The molecule has 3 rings (SSSR count). The summed E-state index contributed by atoms with van der Waals surface area (Å²) >= 11 is 0. The number of fused-ring (bicyclic) bond motifs is 1. The second-order valence-corrected chi connectivity index (χ2v) is 5.30. The van der Waals surface area contributed by atoms with Gasteiger partial charge in [-0.25, -0.2) is 9.97 Å². The highest BCUT2D eigenvalue weighted by molar-refractivity contribution is 5.62. The van der Waals surface area contributed by atoms with Crippen LogP contribution in [-0.4, -0.2) is 15.0 Å². The number of hydrogen-bond donors (Lipinski definition) is 1. The molecule has 2 heterocycles. The van der Waals surface area contributed by atoms with Crippen LogP contribution < -0.4 is 5.73 Å². The van der Waals surface area contributed by atoms with E-state index in [0.717, 1.165) is 36.3 Å². The molecule has 104 valence electrons. The minimum Gasteiger partial charge on any atom is -0.383 e. The Morgan fingerprint density at radius 1 is 1.15 bits per heavy atom. The van der Waals surface area contributed by atoms with Gasteiger partial charge in [0, 0.05) is 29.2 Å². The minimum absolute atomic E-state index is 0.658. The summed E-state index contributed by atoms with van der Waals surface area (Å²) < 4.78 is 0. The number of nitrogen functional groups attached to an aromatic ring is 1. The van der Waals surface area contributed by atoms with E-state index in [9.17, 15) is 0 Å². The van der Waals surface area contributed by atoms with Crippen molar-refractivity contribution in [3.63, 3.8) is 0 Å². The van der Waals surface area contributed by atoms with Crippen molar-refractivity contribution in [1.82, 2.24) is 15.0 Å². The molecule has 0 aliphatic heterocycles. The van der Waals surface area contributed by atoms with Crippen LogP contribution >= 0.6 is 0 Å². The Labute approximate surface area is 119 Å². The predicted molar refractivity (Wildman–Crippen MR) is 80.3 cm³/mol. The molecule has 0 saturated heterocycles. The third-order valence-electron chi connectivity index (χ3n) is 3.99. The first-order valence-corrected chi connectivity index (χ1v) is 7.38. The third-order valence-corrected chi connectivity index (χ3v) is 3.99. The van der Waals surface area contributed by atoms with Crippen molar-refractivity contribution in [2.24, 2.45) is 0 Å². The first-order chi connectivity index (χ1) is 9.79. The van der Waals surface area contributed by atoms with E-state index in [1.807, 2.05) is 12.3 Å². The molecule has 4 heteroatoms. The van der Waals surface area contributed by atoms with E-state index in [4.69, 9.17) is 10.7 Å². The monoisotopic (exact) mass is 268 g/mol. The average Bonchev–Trinajstić information content (AvgIpc) is 2.73. The number of nitrogens with zero attached hydrogens (tertiary/aromatic N) is 3. The average molecular weight is 268 g/mol. The molecule has 2 aromatic heterocycles. The molecule has 2 N–H and O–H groups in total. The molecule has 1 aliphatic rings. The number of hydrogen-bond acceptors (Lipinski definition) is 4. The van der Waals surface area contributed by atoms with Gasteiger partial charge in [-0.05, 0) is 43.7 Å². The van der Waals surface area contributed by atoms with Crippen LogP contribution in [0.2, 0.25) is 0 Å². The molecule has 0 amide bonds.